The largest absolute Gasteiger partial charge is 0.495 e. The first-order chi connectivity index (χ1) is 13.0. The van der Waals surface area contributed by atoms with Crippen LogP contribution in [-0.2, 0) is 4.79 Å². The van der Waals surface area contributed by atoms with E-state index >= 15 is 0 Å². The molecule has 3 rings (SSSR count). The van der Waals surface area contributed by atoms with Gasteiger partial charge in [-0.1, -0.05) is 23.4 Å². The molecule has 0 aliphatic carbocycles. The van der Waals surface area contributed by atoms with Gasteiger partial charge < -0.3 is 14.5 Å². The first-order valence-electron chi connectivity index (χ1n) is 7.99. The Bertz CT molecular complexity index is 946. The van der Waals surface area contributed by atoms with E-state index in [4.69, 9.17) is 20.8 Å². The molecule has 0 spiro atoms. The minimum atomic E-state index is -0.478. The van der Waals surface area contributed by atoms with Gasteiger partial charge >= 0.3 is 0 Å². The molecule has 0 bridgehead atoms. The third-order valence-corrected chi connectivity index (χ3v) is 4.87. The lowest BCUT2D eigenvalue weighted by Gasteiger charge is -2.13. The molecule has 0 saturated carbocycles. The summed E-state index contributed by atoms with van der Waals surface area (Å²) in [6, 6.07) is 10.9. The summed E-state index contributed by atoms with van der Waals surface area (Å²) in [6.07, 6.45) is 1.54. The average molecular weight is 407 g/mol. The summed E-state index contributed by atoms with van der Waals surface area (Å²) >= 11 is 7.15. The summed E-state index contributed by atoms with van der Waals surface area (Å²) in [7, 11) is 1.51. The van der Waals surface area contributed by atoms with E-state index in [-0.39, 0.29) is 11.7 Å². The number of amides is 1. The van der Waals surface area contributed by atoms with Crippen molar-refractivity contribution in [2.45, 2.75) is 17.4 Å². The van der Waals surface area contributed by atoms with Gasteiger partial charge in [0.15, 0.2) is 5.76 Å². The van der Waals surface area contributed by atoms with Crippen molar-refractivity contribution in [1.82, 2.24) is 4.98 Å². The number of carbonyl (C=O) groups excluding carboxylic acids is 1. The second kappa shape index (κ2) is 8.45. The Morgan fingerprint density at radius 2 is 2.04 bits per heavy atom. The molecule has 140 valence electrons. The zero-order valence-electron chi connectivity index (χ0n) is 14.5. The highest BCUT2D eigenvalue weighted by Crippen LogP contribution is 2.31. The lowest BCUT2D eigenvalue weighted by atomic mass is 10.2. The Hall–Kier alpha value is -2.51. The van der Waals surface area contributed by atoms with Gasteiger partial charge in [0.2, 0.25) is 5.91 Å². The number of nitrogens with zero attached hydrogens (tertiary/aromatic N) is 1. The molecule has 27 heavy (non-hydrogen) atoms. The van der Waals surface area contributed by atoms with Crippen molar-refractivity contribution in [3.63, 3.8) is 0 Å². The first-order valence-corrected chi connectivity index (χ1v) is 9.25. The van der Waals surface area contributed by atoms with E-state index in [9.17, 15) is 9.18 Å². The number of aromatic nitrogens is 1. The van der Waals surface area contributed by atoms with Gasteiger partial charge in [0.25, 0.3) is 5.22 Å². The number of anilines is 1. The fourth-order valence-corrected chi connectivity index (χ4v) is 3.17. The number of rotatable bonds is 6. The van der Waals surface area contributed by atoms with Crippen LogP contribution in [0.3, 0.4) is 0 Å². The normalized spacial score (nSPS) is 11.9. The van der Waals surface area contributed by atoms with Gasteiger partial charge in [0.1, 0.15) is 11.6 Å². The maximum absolute atomic E-state index is 13.0. The van der Waals surface area contributed by atoms with Crippen LogP contribution in [0.2, 0.25) is 5.02 Å². The smallest absolute Gasteiger partial charge is 0.256 e. The van der Waals surface area contributed by atoms with E-state index in [2.05, 4.69) is 10.3 Å². The molecule has 3 aromatic rings. The molecule has 0 radical (unpaired) electrons. The second-order valence-electron chi connectivity index (χ2n) is 5.59. The van der Waals surface area contributed by atoms with Gasteiger partial charge in [0, 0.05) is 10.6 Å². The van der Waals surface area contributed by atoms with Gasteiger partial charge in [-0.25, -0.2) is 9.37 Å². The van der Waals surface area contributed by atoms with Crippen molar-refractivity contribution in [1.29, 1.82) is 0 Å². The van der Waals surface area contributed by atoms with Crippen molar-refractivity contribution in [3.05, 3.63) is 59.5 Å². The van der Waals surface area contributed by atoms with E-state index in [1.165, 1.54) is 31.0 Å². The lowest BCUT2D eigenvalue weighted by Crippen LogP contribution is -2.22. The van der Waals surface area contributed by atoms with E-state index < -0.39 is 5.25 Å². The molecule has 1 amide bonds. The third-order valence-electron chi connectivity index (χ3n) is 3.68. The molecule has 1 atom stereocenters. The molecule has 1 N–H and O–H groups in total. The number of oxazole rings is 1. The Labute approximate surface area is 164 Å². The van der Waals surface area contributed by atoms with Crippen molar-refractivity contribution >= 4 is 35.0 Å². The van der Waals surface area contributed by atoms with Crippen LogP contribution in [0.5, 0.6) is 5.75 Å². The van der Waals surface area contributed by atoms with Crippen molar-refractivity contribution in [3.8, 4) is 17.1 Å². The Balaban J connectivity index is 1.67. The van der Waals surface area contributed by atoms with Crippen LogP contribution in [0, 0.1) is 5.82 Å². The van der Waals surface area contributed by atoms with Gasteiger partial charge in [-0.05, 0) is 49.4 Å². The Morgan fingerprint density at radius 3 is 2.74 bits per heavy atom. The average Bonchev–Trinajstić information content (AvgIpc) is 3.11. The summed E-state index contributed by atoms with van der Waals surface area (Å²) in [6.45, 7) is 1.73. The second-order valence-corrected chi connectivity index (χ2v) is 7.32. The number of ether oxygens (including phenoxy) is 1. The highest BCUT2D eigenvalue weighted by atomic mass is 35.5. The molecular formula is C19H16ClFN2O3S. The zero-order chi connectivity index (χ0) is 19.4. The molecule has 0 fully saturated rings. The molecule has 1 aromatic heterocycles. The Kier molecular flexibility index (Phi) is 6.03. The number of halogens is 2. The number of benzene rings is 2. The van der Waals surface area contributed by atoms with Crippen LogP contribution >= 0.6 is 23.4 Å². The summed E-state index contributed by atoms with van der Waals surface area (Å²) in [4.78, 5) is 16.6. The van der Waals surface area contributed by atoms with Gasteiger partial charge in [-0.2, -0.15) is 0 Å². The number of hydrogen-bond donors (Lipinski definition) is 1. The van der Waals surface area contributed by atoms with E-state index in [1.807, 2.05) is 0 Å². The van der Waals surface area contributed by atoms with Crippen LogP contribution in [-0.4, -0.2) is 23.3 Å². The quantitative estimate of drug-likeness (QED) is 0.565. The van der Waals surface area contributed by atoms with Crippen molar-refractivity contribution in [2.75, 3.05) is 12.4 Å². The standard InChI is InChI=1S/C19H16ClFN2O3S/c1-11(18(24)23-15-9-13(20)5-8-16(15)25-2)27-19-22-10-17(26-19)12-3-6-14(21)7-4-12/h3-11H,1-2H3,(H,23,24). The van der Waals surface area contributed by atoms with Crippen LogP contribution in [0.15, 0.2) is 58.3 Å². The first kappa shape index (κ1) is 19.3. The van der Waals surface area contributed by atoms with Crippen molar-refractivity contribution in [2.24, 2.45) is 0 Å². The predicted octanol–water partition coefficient (Wildman–Crippen LogP) is 5.26. The van der Waals surface area contributed by atoms with Gasteiger partial charge in [-0.3, -0.25) is 4.79 Å². The minimum Gasteiger partial charge on any atom is -0.495 e. The molecule has 2 aromatic carbocycles. The highest BCUT2D eigenvalue weighted by Gasteiger charge is 2.19. The molecule has 0 saturated heterocycles. The van der Waals surface area contributed by atoms with Gasteiger partial charge in [0.05, 0.1) is 24.2 Å². The maximum Gasteiger partial charge on any atom is 0.256 e. The molecular weight excluding hydrogens is 391 g/mol. The number of carbonyl (C=O) groups is 1. The summed E-state index contributed by atoms with van der Waals surface area (Å²) in [5.41, 5.74) is 1.19. The van der Waals surface area contributed by atoms with Crippen LogP contribution < -0.4 is 10.1 Å². The molecule has 0 aliphatic heterocycles. The summed E-state index contributed by atoms with van der Waals surface area (Å²) < 4.78 is 23.9. The van der Waals surface area contributed by atoms with Crippen LogP contribution in [0.25, 0.3) is 11.3 Å². The number of nitrogens with one attached hydrogen (secondary N) is 1. The summed E-state index contributed by atoms with van der Waals surface area (Å²) in [5, 5.41) is 3.14. The fraction of sp³-hybridized carbons (Fsp3) is 0.158. The zero-order valence-corrected chi connectivity index (χ0v) is 16.1. The Morgan fingerprint density at radius 1 is 1.30 bits per heavy atom. The third kappa shape index (κ3) is 4.81. The van der Waals surface area contributed by atoms with E-state index in [0.717, 1.165) is 0 Å². The van der Waals surface area contributed by atoms with Gasteiger partial charge in [-0.15, -0.1) is 0 Å². The minimum absolute atomic E-state index is 0.248. The molecule has 0 aliphatic rings. The number of hydrogen-bond acceptors (Lipinski definition) is 5. The topological polar surface area (TPSA) is 64.4 Å². The molecule has 8 heteroatoms. The lowest BCUT2D eigenvalue weighted by molar-refractivity contribution is -0.115. The number of thioether (sulfide) groups is 1. The van der Waals surface area contributed by atoms with Crippen LogP contribution in [0.4, 0.5) is 10.1 Å². The highest BCUT2D eigenvalue weighted by molar-refractivity contribution is 8.00. The predicted molar refractivity (Wildman–Crippen MR) is 104 cm³/mol. The summed E-state index contributed by atoms with van der Waals surface area (Å²) in [5.74, 6) is 0.443. The molecule has 5 nitrogen and oxygen atoms in total. The molecule has 1 heterocycles. The molecule has 1 unspecified atom stereocenters. The number of methoxy groups -OCH3 is 1. The monoisotopic (exact) mass is 406 g/mol. The van der Waals surface area contributed by atoms with Crippen molar-refractivity contribution < 1.29 is 18.3 Å². The SMILES string of the molecule is COc1ccc(Cl)cc1NC(=O)C(C)Sc1ncc(-c2ccc(F)cc2)o1. The fourth-order valence-electron chi connectivity index (χ4n) is 2.28. The van der Waals surface area contributed by atoms with Crippen LogP contribution in [0.1, 0.15) is 6.92 Å². The van der Waals surface area contributed by atoms with E-state index in [1.54, 1.807) is 43.5 Å². The maximum atomic E-state index is 13.0. The van der Waals surface area contributed by atoms with E-state index in [0.29, 0.717) is 33.0 Å².